The van der Waals surface area contributed by atoms with Gasteiger partial charge in [0, 0.05) is 36.2 Å². The van der Waals surface area contributed by atoms with Crippen LogP contribution in [0, 0.1) is 0 Å². The average molecular weight is 445 g/mol. The number of hydrogen-bond acceptors (Lipinski definition) is 6. The van der Waals surface area contributed by atoms with Crippen LogP contribution < -0.4 is 29.6 Å². The first-order valence-corrected chi connectivity index (χ1v) is 13.9. The topological polar surface area (TPSA) is 85.3 Å². The minimum atomic E-state index is -1.64. The molecule has 0 aromatic heterocycles. The summed E-state index contributed by atoms with van der Waals surface area (Å²) < 4.78 is 60.6. The summed E-state index contributed by atoms with van der Waals surface area (Å²) in [5.74, 6) is 0. The van der Waals surface area contributed by atoms with Crippen LogP contribution in [0.5, 0.6) is 0 Å². The van der Waals surface area contributed by atoms with Crippen LogP contribution in [0.4, 0.5) is 0 Å². The van der Waals surface area contributed by atoms with Crippen molar-refractivity contribution in [1.29, 1.82) is 0 Å². The molecule has 23 heavy (non-hydrogen) atoms. The molecule has 128 valence electrons. The Morgan fingerprint density at radius 3 is 0.913 bits per heavy atom. The molecule has 0 aliphatic heterocycles. The third-order valence-corrected chi connectivity index (χ3v) is 8.87. The van der Waals surface area contributed by atoms with Crippen LogP contribution in [0.2, 0.25) is 0 Å². The normalized spacial score (nSPS) is 17.7. The molecule has 0 aliphatic carbocycles. The molecule has 0 N–H and O–H groups in total. The summed E-state index contributed by atoms with van der Waals surface area (Å²) in [7, 11) is -8.05. The van der Waals surface area contributed by atoms with E-state index >= 15 is 0 Å². The summed E-state index contributed by atoms with van der Waals surface area (Å²) in [5, 5.41) is 0. The van der Waals surface area contributed by atoms with Gasteiger partial charge in [-0.2, -0.15) is 0 Å². The summed E-state index contributed by atoms with van der Waals surface area (Å²) >= 11 is 4.28. The van der Waals surface area contributed by atoms with E-state index in [0.717, 1.165) is 0 Å². The van der Waals surface area contributed by atoms with Crippen LogP contribution in [0.25, 0.3) is 0 Å². The summed E-state index contributed by atoms with van der Waals surface area (Å²) in [6.07, 6.45) is 6.82. The molecule has 5 nitrogen and oxygen atoms in total. The van der Waals surface area contributed by atoms with Crippen LogP contribution >= 0.6 is 12.6 Å². The van der Waals surface area contributed by atoms with Gasteiger partial charge in [0.15, 0.2) is 0 Å². The van der Waals surface area contributed by atoms with Crippen molar-refractivity contribution >= 4 is 66.6 Å². The number of hydrogen-bond donors (Lipinski definition) is 1. The quantitative estimate of drug-likeness (QED) is 0.411. The largest absolute Gasteiger partial charge is 1.00 e. The predicted molar refractivity (Wildman–Crippen MR) is 96.5 cm³/mol. The second-order valence-corrected chi connectivity index (χ2v) is 11.3. The van der Waals surface area contributed by atoms with E-state index in [1.165, 1.54) is 31.3 Å². The van der Waals surface area contributed by atoms with E-state index in [-0.39, 0.29) is 60.4 Å². The molecule has 0 aliphatic rings. The van der Waals surface area contributed by atoms with Crippen molar-refractivity contribution in [3.63, 3.8) is 0 Å². The van der Waals surface area contributed by atoms with Crippen molar-refractivity contribution in [2.75, 3.05) is 31.3 Å². The summed E-state index contributed by atoms with van der Waals surface area (Å²) in [6.45, 7) is 0. The average Bonchev–Trinajstić information content (AvgIpc) is 2.34. The third kappa shape index (κ3) is 5.16. The molecule has 0 bridgehead atoms. The second kappa shape index (κ2) is 9.86. The van der Waals surface area contributed by atoms with Crippen LogP contribution in [0.1, 0.15) is 1.43 Å². The minimum absolute atomic E-state index is 0. The standard InChI is InChI=1S/C11H16O5S6.Na.H/c1-18(12)7-6(17)8(19(2)13)10(21(4)15)11(22(5)16)9(7)20(3)14;;/h17H,1-5H3;;/q;+1;-1. The number of rotatable bonds is 5. The van der Waals surface area contributed by atoms with E-state index in [1.807, 2.05) is 0 Å². The van der Waals surface area contributed by atoms with E-state index < -0.39 is 54.0 Å². The Kier molecular flexibility index (Phi) is 10.4. The van der Waals surface area contributed by atoms with Crippen LogP contribution in [-0.4, -0.2) is 52.3 Å². The Morgan fingerprint density at radius 1 is 0.565 bits per heavy atom. The number of benzene rings is 1. The van der Waals surface area contributed by atoms with Crippen LogP contribution in [0.3, 0.4) is 0 Å². The molecule has 0 radical (unpaired) electrons. The van der Waals surface area contributed by atoms with Gasteiger partial charge in [-0.25, -0.2) is 0 Å². The fourth-order valence-electron chi connectivity index (χ4n) is 1.94. The first-order valence-electron chi connectivity index (χ1n) is 5.62. The van der Waals surface area contributed by atoms with Gasteiger partial charge in [-0.1, -0.05) is 0 Å². The summed E-state index contributed by atoms with van der Waals surface area (Å²) in [4.78, 5) is 0.681. The molecule has 0 heterocycles. The van der Waals surface area contributed by atoms with Crippen LogP contribution in [-0.2, 0) is 54.0 Å². The van der Waals surface area contributed by atoms with E-state index in [1.54, 1.807) is 0 Å². The molecule has 1 aromatic carbocycles. The SMILES string of the molecule is CS(=O)c1c(S)c(S(C)=O)c(S(C)=O)c(S(C)=O)c1S(C)=O.[H-].[Na+]. The van der Waals surface area contributed by atoms with Gasteiger partial charge in [0.05, 0.1) is 78.5 Å². The molecule has 1 rings (SSSR count). The van der Waals surface area contributed by atoms with Crippen molar-refractivity contribution in [2.45, 2.75) is 29.4 Å². The Balaban J connectivity index is 0. The fraction of sp³-hybridized carbons (Fsp3) is 0.455. The van der Waals surface area contributed by atoms with E-state index in [4.69, 9.17) is 0 Å². The van der Waals surface area contributed by atoms with E-state index in [9.17, 15) is 21.0 Å². The number of thiol groups is 1. The molecule has 12 heteroatoms. The fourth-order valence-corrected chi connectivity index (χ4v) is 9.82. The maximum atomic E-state index is 12.2. The molecule has 0 saturated heterocycles. The van der Waals surface area contributed by atoms with Crippen LogP contribution in [0.15, 0.2) is 29.4 Å². The van der Waals surface area contributed by atoms with Gasteiger partial charge >= 0.3 is 29.6 Å². The van der Waals surface area contributed by atoms with E-state index in [2.05, 4.69) is 12.6 Å². The zero-order valence-electron chi connectivity index (χ0n) is 14.5. The van der Waals surface area contributed by atoms with Crippen molar-refractivity contribution in [3.05, 3.63) is 0 Å². The van der Waals surface area contributed by atoms with Gasteiger partial charge in [0.25, 0.3) is 0 Å². The van der Waals surface area contributed by atoms with Crippen molar-refractivity contribution in [3.8, 4) is 0 Å². The molecule has 5 atom stereocenters. The molecule has 0 amide bonds. The molecular formula is C11H17NaO5S6. The van der Waals surface area contributed by atoms with Gasteiger partial charge in [-0.15, -0.1) is 12.6 Å². The second-order valence-electron chi connectivity index (χ2n) is 4.26. The van der Waals surface area contributed by atoms with Gasteiger partial charge in [-0.3, -0.25) is 21.0 Å². The molecule has 1 aromatic rings. The zero-order valence-corrected chi connectivity index (χ0v) is 20.5. The molecular weight excluding hydrogens is 428 g/mol. The Bertz CT molecular complexity index is 713. The maximum absolute atomic E-state index is 12.2. The maximum Gasteiger partial charge on any atom is 1.00 e. The van der Waals surface area contributed by atoms with Crippen molar-refractivity contribution < 1.29 is 52.0 Å². The molecule has 5 unspecified atom stereocenters. The van der Waals surface area contributed by atoms with Gasteiger partial charge in [-0.05, 0) is 0 Å². The Morgan fingerprint density at radius 2 is 0.739 bits per heavy atom. The first-order chi connectivity index (χ1) is 10.0. The van der Waals surface area contributed by atoms with Gasteiger partial charge in [0.2, 0.25) is 0 Å². The smallest absolute Gasteiger partial charge is 1.00 e. The monoisotopic (exact) mass is 444 g/mol. The van der Waals surface area contributed by atoms with Gasteiger partial charge in [0.1, 0.15) is 0 Å². The Hall–Kier alpha value is 1.32. The molecule has 0 fully saturated rings. The molecule has 0 saturated carbocycles. The summed E-state index contributed by atoms with van der Waals surface area (Å²) in [6, 6.07) is 0. The van der Waals surface area contributed by atoms with E-state index in [0.29, 0.717) is 0 Å². The molecule has 0 spiro atoms. The van der Waals surface area contributed by atoms with Gasteiger partial charge < -0.3 is 1.43 Å². The van der Waals surface area contributed by atoms with Crippen molar-refractivity contribution in [1.82, 2.24) is 0 Å². The minimum Gasteiger partial charge on any atom is -1.00 e. The zero-order chi connectivity index (χ0) is 17.4. The third-order valence-electron chi connectivity index (χ3n) is 2.69. The Labute approximate surface area is 177 Å². The van der Waals surface area contributed by atoms with Crippen molar-refractivity contribution in [2.24, 2.45) is 0 Å². The summed E-state index contributed by atoms with van der Waals surface area (Å²) in [5.41, 5.74) is 0. The predicted octanol–water partition coefficient (Wildman–Crippen LogP) is -2.22. The first kappa shape index (κ1) is 24.3.